The lowest BCUT2D eigenvalue weighted by Gasteiger charge is -2.18. The second kappa shape index (κ2) is 12.0. The summed E-state index contributed by atoms with van der Waals surface area (Å²) in [5.74, 6) is -2.21. The number of carboxylic acids is 1. The van der Waals surface area contributed by atoms with E-state index in [1.165, 1.54) is 6.92 Å². The van der Waals surface area contributed by atoms with Crippen molar-refractivity contribution in [2.24, 2.45) is 5.73 Å². The predicted molar refractivity (Wildman–Crippen MR) is 95.0 cm³/mol. The van der Waals surface area contributed by atoms with Crippen molar-refractivity contribution in [3.63, 3.8) is 0 Å². The first kappa shape index (κ1) is 22.5. The molecule has 11 heteroatoms. The standard InChI is InChI=1S/C13H24N4O5S2/c1-7(13(21)22)16-12(20)9(6-23)17-10(18)5-15-11(19)8(14)3-4-24-2/h7-9,23H,3-6,14H2,1-2H3,(H,15,19)(H,16,20)(H,17,18)(H,21,22). The van der Waals surface area contributed by atoms with E-state index in [1.54, 1.807) is 11.8 Å². The van der Waals surface area contributed by atoms with Crippen molar-refractivity contribution in [3.8, 4) is 0 Å². The zero-order valence-electron chi connectivity index (χ0n) is 13.6. The van der Waals surface area contributed by atoms with Gasteiger partial charge in [-0.05, 0) is 25.4 Å². The molecule has 0 heterocycles. The van der Waals surface area contributed by atoms with Crippen LogP contribution in [-0.2, 0) is 19.2 Å². The molecule has 9 nitrogen and oxygen atoms in total. The molecule has 24 heavy (non-hydrogen) atoms. The molecular weight excluding hydrogens is 356 g/mol. The summed E-state index contributed by atoms with van der Waals surface area (Å²) in [6.07, 6.45) is 2.38. The summed E-state index contributed by atoms with van der Waals surface area (Å²) in [6, 6.07) is -2.80. The third kappa shape index (κ3) is 8.99. The van der Waals surface area contributed by atoms with Crippen LogP contribution in [0.25, 0.3) is 0 Å². The Hall–Kier alpha value is -1.46. The Morgan fingerprint density at radius 2 is 1.83 bits per heavy atom. The molecular formula is C13H24N4O5S2. The SMILES string of the molecule is CSCCC(N)C(=O)NCC(=O)NC(CS)C(=O)NC(C)C(=O)O. The lowest BCUT2D eigenvalue weighted by Crippen LogP contribution is -2.54. The first-order valence-electron chi connectivity index (χ1n) is 7.18. The molecule has 0 fully saturated rings. The minimum absolute atomic E-state index is 0.0227. The summed E-state index contributed by atoms with van der Waals surface area (Å²) in [4.78, 5) is 46.0. The number of carbonyl (C=O) groups excluding carboxylic acids is 3. The Bertz CT molecular complexity index is 464. The number of aliphatic carboxylic acids is 1. The monoisotopic (exact) mass is 380 g/mol. The fourth-order valence-corrected chi connectivity index (χ4v) is 2.24. The summed E-state index contributed by atoms with van der Waals surface area (Å²) in [7, 11) is 0. The molecule has 0 saturated carbocycles. The van der Waals surface area contributed by atoms with Crippen LogP contribution in [-0.4, -0.2) is 71.2 Å². The summed E-state index contributed by atoms with van der Waals surface area (Å²) < 4.78 is 0. The number of nitrogens with two attached hydrogens (primary N) is 1. The maximum Gasteiger partial charge on any atom is 0.325 e. The number of hydrogen-bond donors (Lipinski definition) is 6. The first-order valence-corrected chi connectivity index (χ1v) is 9.21. The van der Waals surface area contributed by atoms with Crippen LogP contribution in [0.2, 0.25) is 0 Å². The van der Waals surface area contributed by atoms with Crippen molar-refractivity contribution in [2.45, 2.75) is 31.5 Å². The van der Waals surface area contributed by atoms with Crippen LogP contribution in [0.5, 0.6) is 0 Å². The second-order valence-electron chi connectivity index (χ2n) is 4.98. The molecule has 3 atom stereocenters. The molecule has 3 amide bonds. The summed E-state index contributed by atoms with van der Waals surface area (Å²) in [5.41, 5.74) is 5.66. The van der Waals surface area contributed by atoms with Gasteiger partial charge in [-0.1, -0.05) is 0 Å². The van der Waals surface area contributed by atoms with E-state index in [-0.39, 0.29) is 12.3 Å². The predicted octanol–water partition coefficient (Wildman–Crippen LogP) is -1.81. The molecule has 3 unspecified atom stereocenters. The first-order chi connectivity index (χ1) is 11.2. The minimum Gasteiger partial charge on any atom is -0.480 e. The molecule has 0 aliphatic carbocycles. The molecule has 0 aliphatic rings. The van der Waals surface area contributed by atoms with Crippen LogP contribution in [0.1, 0.15) is 13.3 Å². The van der Waals surface area contributed by atoms with Gasteiger partial charge < -0.3 is 26.8 Å². The summed E-state index contributed by atoms with van der Waals surface area (Å²) in [6.45, 7) is 0.964. The molecule has 0 aromatic heterocycles. The fourth-order valence-electron chi connectivity index (χ4n) is 1.49. The van der Waals surface area contributed by atoms with E-state index in [2.05, 4.69) is 28.6 Å². The maximum absolute atomic E-state index is 11.8. The quantitative estimate of drug-likeness (QED) is 0.231. The topological polar surface area (TPSA) is 151 Å². The van der Waals surface area contributed by atoms with Crippen LogP contribution >= 0.6 is 24.4 Å². The van der Waals surface area contributed by atoms with Crippen LogP contribution in [0.15, 0.2) is 0 Å². The van der Waals surface area contributed by atoms with E-state index in [0.717, 1.165) is 5.75 Å². The largest absolute Gasteiger partial charge is 0.480 e. The van der Waals surface area contributed by atoms with Crippen molar-refractivity contribution in [2.75, 3.05) is 24.3 Å². The molecule has 138 valence electrons. The Balaban J connectivity index is 4.34. The number of nitrogens with one attached hydrogen (secondary N) is 3. The van der Waals surface area contributed by atoms with Crippen molar-refractivity contribution in [1.29, 1.82) is 0 Å². The van der Waals surface area contributed by atoms with Gasteiger partial charge in [0.25, 0.3) is 0 Å². The van der Waals surface area contributed by atoms with E-state index in [1.807, 2.05) is 6.26 Å². The van der Waals surface area contributed by atoms with Gasteiger partial charge in [0.15, 0.2) is 0 Å². The molecule has 0 aromatic carbocycles. The van der Waals surface area contributed by atoms with Crippen LogP contribution < -0.4 is 21.7 Å². The Morgan fingerprint density at radius 3 is 2.33 bits per heavy atom. The van der Waals surface area contributed by atoms with Gasteiger partial charge in [-0.15, -0.1) is 0 Å². The van der Waals surface area contributed by atoms with Crippen LogP contribution in [0, 0.1) is 0 Å². The van der Waals surface area contributed by atoms with Crippen molar-refractivity contribution >= 4 is 48.1 Å². The highest BCUT2D eigenvalue weighted by Crippen LogP contribution is 1.98. The number of rotatable bonds is 11. The number of hydrogen-bond acceptors (Lipinski definition) is 7. The van der Waals surface area contributed by atoms with E-state index >= 15 is 0 Å². The van der Waals surface area contributed by atoms with Crippen molar-refractivity contribution in [3.05, 3.63) is 0 Å². The Labute approximate surface area is 150 Å². The molecule has 0 bridgehead atoms. The number of thioether (sulfide) groups is 1. The van der Waals surface area contributed by atoms with E-state index in [4.69, 9.17) is 10.8 Å². The zero-order chi connectivity index (χ0) is 18.7. The average Bonchev–Trinajstić information content (AvgIpc) is 2.54. The Morgan fingerprint density at radius 1 is 1.21 bits per heavy atom. The number of amides is 3. The Kier molecular flexibility index (Phi) is 11.3. The van der Waals surface area contributed by atoms with Crippen LogP contribution in [0.4, 0.5) is 0 Å². The average molecular weight is 380 g/mol. The summed E-state index contributed by atoms with van der Waals surface area (Å²) in [5, 5.41) is 15.7. The zero-order valence-corrected chi connectivity index (χ0v) is 15.3. The van der Waals surface area contributed by atoms with Gasteiger partial charge in [-0.3, -0.25) is 19.2 Å². The van der Waals surface area contributed by atoms with Crippen molar-refractivity contribution < 1.29 is 24.3 Å². The van der Waals surface area contributed by atoms with E-state index in [9.17, 15) is 19.2 Å². The van der Waals surface area contributed by atoms with Gasteiger partial charge in [0.1, 0.15) is 12.1 Å². The van der Waals surface area contributed by atoms with E-state index < -0.39 is 41.8 Å². The smallest absolute Gasteiger partial charge is 0.325 e. The fraction of sp³-hybridized carbons (Fsp3) is 0.692. The van der Waals surface area contributed by atoms with Crippen molar-refractivity contribution in [1.82, 2.24) is 16.0 Å². The van der Waals surface area contributed by atoms with E-state index in [0.29, 0.717) is 6.42 Å². The summed E-state index contributed by atoms with van der Waals surface area (Å²) >= 11 is 5.51. The molecule has 0 aliphatic heterocycles. The highest BCUT2D eigenvalue weighted by molar-refractivity contribution is 7.98. The third-order valence-corrected chi connectivity index (χ3v) is 3.97. The number of carbonyl (C=O) groups is 4. The van der Waals surface area contributed by atoms with Gasteiger partial charge in [-0.2, -0.15) is 24.4 Å². The maximum atomic E-state index is 11.8. The molecule has 0 aromatic rings. The molecule has 0 spiro atoms. The highest BCUT2D eigenvalue weighted by Gasteiger charge is 2.23. The number of carboxylic acid groups (broad SMARTS) is 1. The minimum atomic E-state index is -1.20. The lowest BCUT2D eigenvalue weighted by molar-refractivity contribution is -0.141. The van der Waals surface area contributed by atoms with Gasteiger partial charge in [0, 0.05) is 5.75 Å². The van der Waals surface area contributed by atoms with Gasteiger partial charge >= 0.3 is 5.97 Å². The van der Waals surface area contributed by atoms with Gasteiger partial charge in [0.2, 0.25) is 17.7 Å². The lowest BCUT2D eigenvalue weighted by atomic mass is 10.2. The third-order valence-electron chi connectivity index (χ3n) is 2.96. The number of thiol groups is 1. The van der Waals surface area contributed by atoms with Gasteiger partial charge in [0.05, 0.1) is 12.6 Å². The normalized spacial score (nSPS) is 14.2. The molecule has 0 rings (SSSR count). The van der Waals surface area contributed by atoms with Gasteiger partial charge in [-0.25, -0.2) is 0 Å². The molecule has 0 radical (unpaired) electrons. The highest BCUT2D eigenvalue weighted by atomic mass is 32.2. The van der Waals surface area contributed by atoms with Crippen LogP contribution in [0.3, 0.4) is 0 Å². The molecule has 0 saturated heterocycles. The molecule has 6 N–H and O–H groups in total. The second-order valence-corrected chi connectivity index (χ2v) is 6.33.